The minimum absolute atomic E-state index is 0.0258. The average Bonchev–Trinajstić information content (AvgIpc) is 2.67. The largest absolute Gasteiger partial charge is 0.461 e. The Morgan fingerprint density at radius 2 is 2.29 bits per heavy atom. The highest BCUT2D eigenvalue weighted by molar-refractivity contribution is 5.93. The first-order valence-corrected chi connectivity index (χ1v) is 5.16. The lowest BCUT2D eigenvalue weighted by atomic mass is 10.3. The van der Waals surface area contributed by atoms with E-state index in [1.807, 2.05) is 13.0 Å². The molecule has 0 saturated heterocycles. The van der Waals surface area contributed by atoms with Crippen LogP contribution in [0.5, 0.6) is 0 Å². The van der Waals surface area contributed by atoms with Gasteiger partial charge in [0, 0.05) is 6.20 Å². The molecule has 2 rings (SSSR count). The summed E-state index contributed by atoms with van der Waals surface area (Å²) in [5.74, 6) is -0.661. The molecule has 17 heavy (non-hydrogen) atoms. The molecule has 0 N–H and O–H groups in total. The van der Waals surface area contributed by atoms with E-state index in [4.69, 9.17) is 4.74 Å². The van der Waals surface area contributed by atoms with Crippen molar-refractivity contribution in [3.63, 3.8) is 0 Å². The number of hydrogen-bond acceptors (Lipinski definition) is 5. The molecule has 0 aromatic carbocycles. The van der Waals surface area contributed by atoms with Gasteiger partial charge in [-0.25, -0.2) is 9.78 Å². The van der Waals surface area contributed by atoms with E-state index in [0.29, 0.717) is 5.65 Å². The van der Waals surface area contributed by atoms with Crippen LogP contribution in [0.3, 0.4) is 0 Å². The van der Waals surface area contributed by atoms with Crippen LogP contribution in [0.4, 0.5) is 5.82 Å². The quantitative estimate of drug-likeness (QED) is 0.601. The fraction of sp³-hybridized carbons (Fsp3) is 0.273. The third-order valence-corrected chi connectivity index (χ3v) is 2.30. The second-order valence-electron chi connectivity index (χ2n) is 3.53. The summed E-state index contributed by atoms with van der Waals surface area (Å²) < 4.78 is 6.30. The Hall–Kier alpha value is -2.24. The summed E-state index contributed by atoms with van der Waals surface area (Å²) in [5.41, 5.74) is 1.39. The van der Waals surface area contributed by atoms with Crippen molar-refractivity contribution in [2.24, 2.45) is 5.18 Å². The lowest BCUT2D eigenvalue weighted by Crippen LogP contribution is -2.05. The highest BCUT2D eigenvalue weighted by Crippen LogP contribution is 2.22. The van der Waals surface area contributed by atoms with Crippen LogP contribution in [0.25, 0.3) is 5.65 Å². The maximum Gasteiger partial charge on any atom is 0.361 e. The molecule has 6 heteroatoms. The molecule has 0 radical (unpaired) electrons. The van der Waals surface area contributed by atoms with Gasteiger partial charge in [0.05, 0.1) is 6.61 Å². The van der Waals surface area contributed by atoms with Crippen molar-refractivity contribution >= 4 is 17.4 Å². The Bertz CT molecular complexity index is 589. The second kappa shape index (κ2) is 4.32. The number of carbonyl (C=O) groups is 1. The summed E-state index contributed by atoms with van der Waals surface area (Å²) in [6, 6.07) is 3.55. The van der Waals surface area contributed by atoms with Crippen LogP contribution in [-0.2, 0) is 4.74 Å². The first kappa shape index (κ1) is 11.3. The number of carbonyl (C=O) groups excluding carboxylic acids is 1. The maximum absolute atomic E-state index is 11.6. The van der Waals surface area contributed by atoms with E-state index >= 15 is 0 Å². The summed E-state index contributed by atoms with van der Waals surface area (Å²) in [7, 11) is 0. The molecule has 0 saturated carbocycles. The molecular weight excluding hydrogens is 222 g/mol. The molecule has 6 nitrogen and oxygen atoms in total. The minimum atomic E-state index is -0.636. The number of hydrogen-bond donors (Lipinski definition) is 0. The van der Waals surface area contributed by atoms with Crippen LogP contribution in [0, 0.1) is 11.8 Å². The first-order chi connectivity index (χ1) is 8.17. The lowest BCUT2D eigenvalue weighted by molar-refractivity contribution is 0.0521. The third-order valence-electron chi connectivity index (χ3n) is 2.30. The van der Waals surface area contributed by atoms with Gasteiger partial charge < -0.3 is 4.74 Å². The number of aromatic nitrogens is 2. The predicted molar refractivity (Wildman–Crippen MR) is 61.3 cm³/mol. The van der Waals surface area contributed by atoms with Crippen LogP contribution in [0.1, 0.15) is 23.0 Å². The second-order valence-corrected chi connectivity index (χ2v) is 3.53. The lowest BCUT2D eigenvalue weighted by Gasteiger charge is -1.98. The van der Waals surface area contributed by atoms with Gasteiger partial charge in [-0.3, -0.25) is 4.40 Å². The molecule has 88 valence electrons. The SMILES string of the molecule is CCOC(=O)c1nc2ccc(C)cn2c1N=O. The summed E-state index contributed by atoms with van der Waals surface area (Å²) in [6.45, 7) is 3.79. The Balaban J connectivity index is 2.64. The topological polar surface area (TPSA) is 73.0 Å². The van der Waals surface area contributed by atoms with Gasteiger partial charge in [0.25, 0.3) is 0 Å². The monoisotopic (exact) mass is 233 g/mol. The van der Waals surface area contributed by atoms with Gasteiger partial charge in [0.1, 0.15) is 5.65 Å². The summed E-state index contributed by atoms with van der Waals surface area (Å²) in [6.07, 6.45) is 1.70. The third kappa shape index (κ3) is 1.89. The van der Waals surface area contributed by atoms with Gasteiger partial charge in [-0.15, -0.1) is 4.91 Å². The molecule has 0 aliphatic carbocycles. The van der Waals surface area contributed by atoms with Crippen LogP contribution in [-0.4, -0.2) is 22.0 Å². The normalized spacial score (nSPS) is 10.5. The van der Waals surface area contributed by atoms with Crippen molar-refractivity contribution in [1.29, 1.82) is 0 Å². The number of nitroso groups, excluding NO2 is 1. The average molecular weight is 233 g/mol. The Labute approximate surface area is 97.2 Å². The van der Waals surface area contributed by atoms with Gasteiger partial charge in [0.15, 0.2) is 5.69 Å². The van der Waals surface area contributed by atoms with E-state index < -0.39 is 5.97 Å². The van der Waals surface area contributed by atoms with E-state index in [1.165, 1.54) is 4.40 Å². The fourth-order valence-electron chi connectivity index (χ4n) is 1.56. The van der Waals surface area contributed by atoms with E-state index in [0.717, 1.165) is 5.56 Å². The molecule has 2 aromatic rings. The first-order valence-electron chi connectivity index (χ1n) is 5.16. The van der Waals surface area contributed by atoms with Crippen molar-refractivity contribution in [3.8, 4) is 0 Å². The Morgan fingerprint density at radius 3 is 2.94 bits per heavy atom. The zero-order valence-electron chi connectivity index (χ0n) is 9.51. The molecule has 0 spiro atoms. The summed E-state index contributed by atoms with van der Waals surface area (Å²) in [4.78, 5) is 26.4. The van der Waals surface area contributed by atoms with E-state index in [2.05, 4.69) is 10.2 Å². The van der Waals surface area contributed by atoms with Crippen LogP contribution < -0.4 is 0 Å². The van der Waals surface area contributed by atoms with Crippen LogP contribution >= 0.6 is 0 Å². The van der Waals surface area contributed by atoms with Gasteiger partial charge >= 0.3 is 5.97 Å². The molecule has 0 unspecified atom stereocenters. The molecular formula is C11H11N3O3. The summed E-state index contributed by atoms with van der Waals surface area (Å²) >= 11 is 0. The highest BCUT2D eigenvalue weighted by Gasteiger charge is 2.20. The standard InChI is InChI=1S/C11H11N3O3/c1-3-17-11(15)9-10(13-16)14-6-7(2)4-5-8(14)12-9/h4-6H,3H2,1-2H3. The number of nitrogens with zero attached hydrogens (tertiary/aromatic N) is 3. The molecule has 2 heterocycles. The maximum atomic E-state index is 11.6. The zero-order valence-corrected chi connectivity index (χ0v) is 9.51. The van der Waals surface area contributed by atoms with Crippen LogP contribution in [0.15, 0.2) is 23.5 Å². The molecule has 0 aliphatic heterocycles. The van der Waals surface area contributed by atoms with Crippen molar-refractivity contribution < 1.29 is 9.53 Å². The van der Waals surface area contributed by atoms with Gasteiger partial charge in [-0.05, 0) is 30.7 Å². The molecule has 0 bridgehead atoms. The number of fused-ring (bicyclic) bond motifs is 1. The number of imidazole rings is 1. The summed E-state index contributed by atoms with van der Waals surface area (Å²) in [5, 5.41) is 2.85. The molecule has 0 amide bonds. The van der Waals surface area contributed by atoms with Crippen molar-refractivity contribution in [2.75, 3.05) is 6.61 Å². The highest BCUT2D eigenvalue weighted by atomic mass is 16.5. The number of ether oxygens (including phenoxy) is 1. The van der Waals surface area contributed by atoms with Crippen molar-refractivity contribution in [3.05, 3.63) is 34.5 Å². The van der Waals surface area contributed by atoms with E-state index in [1.54, 1.807) is 19.2 Å². The zero-order chi connectivity index (χ0) is 12.4. The molecule has 0 fully saturated rings. The minimum Gasteiger partial charge on any atom is -0.461 e. The smallest absolute Gasteiger partial charge is 0.361 e. The van der Waals surface area contributed by atoms with Crippen molar-refractivity contribution in [1.82, 2.24) is 9.38 Å². The molecule has 2 aromatic heterocycles. The van der Waals surface area contributed by atoms with E-state index in [9.17, 15) is 9.70 Å². The number of esters is 1. The fourth-order valence-corrected chi connectivity index (χ4v) is 1.56. The van der Waals surface area contributed by atoms with Crippen molar-refractivity contribution in [2.45, 2.75) is 13.8 Å². The van der Waals surface area contributed by atoms with Gasteiger partial charge in [-0.2, -0.15) is 0 Å². The Kier molecular flexibility index (Phi) is 2.86. The number of pyridine rings is 1. The number of rotatable bonds is 3. The number of aryl methyl sites for hydroxylation is 1. The van der Waals surface area contributed by atoms with E-state index in [-0.39, 0.29) is 18.1 Å². The molecule has 0 aliphatic rings. The van der Waals surface area contributed by atoms with Gasteiger partial charge in [0.2, 0.25) is 5.82 Å². The Morgan fingerprint density at radius 1 is 1.53 bits per heavy atom. The predicted octanol–water partition coefficient (Wildman–Crippen LogP) is 2.22. The van der Waals surface area contributed by atoms with Crippen LogP contribution in [0.2, 0.25) is 0 Å². The van der Waals surface area contributed by atoms with Gasteiger partial charge in [-0.1, -0.05) is 6.07 Å². The molecule has 0 atom stereocenters.